The molecule has 0 aliphatic carbocycles. The molecule has 0 bridgehead atoms. The van der Waals surface area contributed by atoms with Gasteiger partial charge in [-0.3, -0.25) is 0 Å². The van der Waals surface area contributed by atoms with Crippen LogP contribution in [0.2, 0.25) is 0 Å². The Balaban J connectivity index is 2.30. The van der Waals surface area contributed by atoms with Crippen LogP contribution in [0.15, 0.2) is 0 Å². The molecule has 0 radical (unpaired) electrons. The van der Waals surface area contributed by atoms with E-state index in [2.05, 4.69) is 5.32 Å². The van der Waals surface area contributed by atoms with Crippen LogP contribution < -0.4 is 5.32 Å². The molecule has 1 N–H and O–H groups in total. The first-order chi connectivity index (χ1) is 5.04. The first-order valence-corrected chi connectivity index (χ1v) is 5.48. The Morgan fingerprint density at radius 3 is 2.45 bits per heavy atom. The van der Waals surface area contributed by atoms with Crippen LogP contribution >= 0.6 is 0 Å². The van der Waals surface area contributed by atoms with E-state index in [1.165, 1.54) is 10.6 Å². The molecule has 5 heteroatoms. The highest BCUT2D eigenvalue weighted by molar-refractivity contribution is 7.88. The molecule has 1 fully saturated rings. The maximum Gasteiger partial charge on any atom is 0.211 e. The second-order valence-electron chi connectivity index (χ2n) is 3.00. The van der Waals surface area contributed by atoms with Gasteiger partial charge in [-0.2, -0.15) is 0 Å². The van der Waals surface area contributed by atoms with E-state index in [9.17, 15) is 8.42 Å². The zero-order valence-corrected chi connectivity index (χ0v) is 7.69. The van der Waals surface area contributed by atoms with Gasteiger partial charge in [0.05, 0.1) is 6.26 Å². The smallest absolute Gasteiger partial charge is 0.211 e. The third kappa shape index (κ3) is 2.15. The van der Waals surface area contributed by atoms with Crippen molar-refractivity contribution in [2.45, 2.75) is 0 Å². The van der Waals surface area contributed by atoms with Crippen LogP contribution in [0.4, 0.5) is 0 Å². The summed E-state index contributed by atoms with van der Waals surface area (Å²) in [6, 6.07) is 0. The van der Waals surface area contributed by atoms with E-state index in [0.29, 0.717) is 19.0 Å². The summed E-state index contributed by atoms with van der Waals surface area (Å²) in [5.74, 6) is 0.509. The number of nitrogens with zero attached hydrogens (tertiary/aromatic N) is 1. The summed E-state index contributed by atoms with van der Waals surface area (Å²) < 4.78 is 23.2. The fourth-order valence-electron chi connectivity index (χ4n) is 1.21. The SMILES string of the molecule is CNCC1CN(S(C)(=O)=O)C1. The van der Waals surface area contributed by atoms with E-state index in [1.807, 2.05) is 7.05 Å². The minimum absolute atomic E-state index is 0.509. The van der Waals surface area contributed by atoms with E-state index in [4.69, 9.17) is 0 Å². The molecular formula is C6H14N2O2S. The van der Waals surface area contributed by atoms with Gasteiger partial charge in [0.25, 0.3) is 0 Å². The molecule has 0 aromatic carbocycles. The summed E-state index contributed by atoms with van der Waals surface area (Å²) in [6.07, 6.45) is 1.25. The number of nitrogens with one attached hydrogen (secondary N) is 1. The Kier molecular flexibility index (Phi) is 2.51. The van der Waals surface area contributed by atoms with Crippen molar-refractivity contribution in [3.63, 3.8) is 0 Å². The van der Waals surface area contributed by atoms with Crippen molar-refractivity contribution in [1.82, 2.24) is 9.62 Å². The van der Waals surface area contributed by atoms with Crippen molar-refractivity contribution >= 4 is 10.0 Å². The molecule has 0 spiro atoms. The van der Waals surface area contributed by atoms with E-state index < -0.39 is 10.0 Å². The predicted octanol–water partition coefficient (Wildman–Crippen LogP) is -0.903. The minimum Gasteiger partial charge on any atom is -0.319 e. The first kappa shape index (κ1) is 8.96. The predicted molar refractivity (Wildman–Crippen MR) is 43.8 cm³/mol. The molecule has 1 aliphatic rings. The lowest BCUT2D eigenvalue weighted by atomic mass is 10.0. The second kappa shape index (κ2) is 3.08. The highest BCUT2D eigenvalue weighted by Crippen LogP contribution is 2.17. The molecular weight excluding hydrogens is 164 g/mol. The third-order valence-corrected chi connectivity index (χ3v) is 3.12. The topological polar surface area (TPSA) is 49.4 Å². The summed E-state index contributed by atoms with van der Waals surface area (Å²) >= 11 is 0. The van der Waals surface area contributed by atoms with Gasteiger partial charge in [-0.25, -0.2) is 12.7 Å². The molecule has 1 saturated heterocycles. The Hall–Kier alpha value is -0.130. The lowest BCUT2D eigenvalue weighted by Crippen LogP contribution is -2.52. The molecule has 1 heterocycles. The van der Waals surface area contributed by atoms with Crippen molar-refractivity contribution in [2.24, 2.45) is 5.92 Å². The molecule has 0 aromatic heterocycles. The Morgan fingerprint density at radius 1 is 1.55 bits per heavy atom. The van der Waals surface area contributed by atoms with Crippen molar-refractivity contribution in [2.75, 3.05) is 32.9 Å². The Bertz CT molecular complexity index is 219. The Labute approximate surface area is 67.6 Å². The average molecular weight is 178 g/mol. The molecule has 1 rings (SSSR count). The lowest BCUT2D eigenvalue weighted by Gasteiger charge is -2.36. The summed E-state index contributed by atoms with van der Waals surface area (Å²) in [7, 11) is -1.03. The lowest BCUT2D eigenvalue weighted by molar-refractivity contribution is 0.200. The van der Waals surface area contributed by atoms with Crippen molar-refractivity contribution in [3.05, 3.63) is 0 Å². The molecule has 0 atom stereocenters. The van der Waals surface area contributed by atoms with Crippen molar-refractivity contribution in [1.29, 1.82) is 0 Å². The highest BCUT2D eigenvalue weighted by Gasteiger charge is 2.32. The van der Waals surface area contributed by atoms with E-state index >= 15 is 0 Å². The van der Waals surface area contributed by atoms with E-state index in [1.54, 1.807) is 0 Å². The zero-order valence-electron chi connectivity index (χ0n) is 6.87. The molecule has 66 valence electrons. The van der Waals surface area contributed by atoms with E-state index in [0.717, 1.165) is 6.54 Å². The monoisotopic (exact) mass is 178 g/mol. The van der Waals surface area contributed by atoms with Crippen LogP contribution in [-0.4, -0.2) is 45.7 Å². The standard InChI is InChI=1S/C6H14N2O2S/c1-7-3-6-4-8(5-6)11(2,9)10/h6-7H,3-5H2,1-2H3. The van der Waals surface area contributed by atoms with Crippen LogP contribution in [0.1, 0.15) is 0 Å². The molecule has 11 heavy (non-hydrogen) atoms. The van der Waals surface area contributed by atoms with Crippen LogP contribution in [0.3, 0.4) is 0 Å². The largest absolute Gasteiger partial charge is 0.319 e. The molecule has 0 saturated carbocycles. The van der Waals surface area contributed by atoms with Gasteiger partial charge in [0.2, 0.25) is 10.0 Å². The molecule has 0 amide bonds. The van der Waals surface area contributed by atoms with Gasteiger partial charge in [-0.05, 0) is 13.0 Å². The van der Waals surface area contributed by atoms with Gasteiger partial charge < -0.3 is 5.32 Å². The summed E-state index contributed by atoms with van der Waals surface area (Å²) in [4.78, 5) is 0. The normalized spacial score (nSPS) is 21.6. The molecule has 4 nitrogen and oxygen atoms in total. The minimum atomic E-state index is -2.91. The quantitative estimate of drug-likeness (QED) is 0.609. The van der Waals surface area contributed by atoms with Crippen LogP contribution in [0, 0.1) is 5.92 Å². The van der Waals surface area contributed by atoms with Gasteiger partial charge in [0, 0.05) is 19.6 Å². The number of sulfonamides is 1. The summed E-state index contributed by atoms with van der Waals surface area (Å²) in [5.41, 5.74) is 0. The zero-order chi connectivity index (χ0) is 8.48. The molecule has 1 aliphatic heterocycles. The van der Waals surface area contributed by atoms with E-state index in [-0.39, 0.29) is 0 Å². The Morgan fingerprint density at radius 2 is 2.09 bits per heavy atom. The van der Waals surface area contributed by atoms with Gasteiger partial charge in [0.1, 0.15) is 0 Å². The fourth-order valence-corrected chi connectivity index (χ4v) is 2.17. The number of rotatable bonds is 3. The molecule has 0 unspecified atom stereocenters. The summed E-state index contributed by atoms with van der Waals surface area (Å²) in [5, 5.41) is 3.02. The van der Waals surface area contributed by atoms with Gasteiger partial charge in [-0.15, -0.1) is 0 Å². The van der Waals surface area contributed by atoms with Gasteiger partial charge >= 0.3 is 0 Å². The third-order valence-electron chi connectivity index (χ3n) is 1.89. The molecule has 0 aromatic rings. The van der Waals surface area contributed by atoms with Crippen LogP contribution in [-0.2, 0) is 10.0 Å². The van der Waals surface area contributed by atoms with Crippen LogP contribution in [0.25, 0.3) is 0 Å². The fraction of sp³-hybridized carbons (Fsp3) is 1.00. The highest BCUT2D eigenvalue weighted by atomic mass is 32.2. The second-order valence-corrected chi connectivity index (χ2v) is 4.99. The van der Waals surface area contributed by atoms with Gasteiger partial charge in [-0.1, -0.05) is 0 Å². The van der Waals surface area contributed by atoms with Crippen LogP contribution in [0.5, 0.6) is 0 Å². The van der Waals surface area contributed by atoms with Crippen molar-refractivity contribution < 1.29 is 8.42 Å². The summed E-state index contributed by atoms with van der Waals surface area (Å²) in [6.45, 7) is 2.27. The van der Waals surface area contributed by atoms with Gasteiger partial charge in [0.15, 0.2) is 0 Å². The maximum absolute atomic E-state index is 10.9. The average Bonchev–Trinajstić information content (AvgIpc) is 1.74. The number of hydrogen-bond acceptors (Lipinski definition) is 3. The maximum atomic E-state index is 10.9. The van der Waals surface area contributed by atoms with Crippen molar-refractivity contribution in [3.8, 4) is 0 Å². The first-order valence-electron chi connectivity index (χ1n) is 3.63. The number of hydrogen-bond donors (Lipinski definition) is 1.